The zero-order valence-corrected chi connectivity index (χ0v) is 19.1. The summed E-state index contributed by atoms with van der Waals surface area (Å²) in [5.41, 5.74) is -0.127. The summed E-state index contributed by atoms with van der Waals surface area (Å²) in [7, 11) is 0. The maximum atomic E-state index is 13.4. The van der Waals surface area contributed by atoms with Crippen molar-refractivity contribution in [2.75, 3.05) is 4.90 Å². The molecule has 1 aromatic rings. The number of aromatic carboxylic acids is 1. The van der Waals surface area contributed by atoms with Gasteiger partial charge < -0.3 is 10.2 Å². The Morgan fingerprint density at radius 2 is 1.80 bits per heavy atom. The minimum absolute atomic E-state index is 0.0505. The zero-order valence-electron chi connectivity index (χ0n) is 18.3. The second kappa shape index (κ2) is 9.65. The van der Waals surface area contributed by atoms with Gasteiger partial charge in [-0.05, 0) is 64.9 Å². The van der Waals surface area contributed by atoms with Crippen LogP contribution in [0.15, 0.2) is 6.07 Å². The van der Waals surface area contributed by atoms with Crippen LogP contribution in [0.25, 0.3) is 0 Å². The predicted molar refractivity (Wildman–Crippen MR) is 118 cm³/mol. The molecule has 1 unspecified atom stereocenters. The van der Waals surface area contributed by atoms with Crippen LogP contribution in [0.1, 0.15) is 81.3 Å². The average molecular weight is 434 g/mol. The van der Waals surface area contributed by atoms with Gasteiger partial charge in [-0.2, -0.15) is 0 Å². The van der Waals surface area contributed by atoms with E-state index in [-0.39, 0.29) is 34.2 Å². The molecule has 1 saturated carbocycles. The van der Waals surface area contributed by atoms with Crippen LogP contribution in [0.3, 0.4) is 0 Å². The van der Waals surface area contributed by atoms with E-state index in [1.165, 1.54) is 4.90 Å². The van der Waals surface area contributed by atoms with Gasteiger partial charge in [-0.25, -0.2) is 9.59 Å². The standard InChI is InChI=1S/C23H31NO5S/c1-6-17(21(26)27)24(20(25)15-9-7-14(2)8-10-15)18-13-16(11-12-23(3,4)5)30-19(18)22(28)29/h13-15,17H,6-10H2,1-5H3,(H,26,27)(H,28,29). The van der Waals surface area contributed by atoms with Crippen LogP contribution < -0.4 is 4.90 Å². The van der Waals surface area contributed by atoms with Crippen molar-refractivity contribution in [3.8, 4) is 11.8 Å². The van der Waals surface area contributed by atoms with E-state index in [1.807, 2.05) is 20.8 Å². The number of nitrogens with zero attached hydrogens (tertiary/aromatic N) is 1. The highest BCUT2D eigenvalue weighted by atomic mass is 32.1. The smallest absolute Gasteiger partial charge is 0.348 e. The Kier molecular flexibility index (Phi) is 7.70. The number of carboxylic acids is 2. The normalized spacial score (nSPS) is 20.0. The summed E-state index contributed by atoms with van der Waals surface area (Å²) in [4.78, 5) is 39.0. The molecule has 0 aromatic carbocycles. The molecule has 1 amide bonds. The second-order valence-electron chi connectivity index (χ2n) is 9.06. The molecular weight excluding hydrogens is 402 g/mol. The van der Waals surface area contributed by atoms with Gasteiger partial charge in [0.15, 0.2) is 0 Å². The highest BCUT2D eigenvalue weighted by Gasteiger charge is 2.38. The molecule has 1 aromatic heterocycles. The van der Waals surface area contributed by atoms with Crippen molar-refractivity contribution in [2.45, 2.75) is 72.8 Å². The van der Waals surface area contributed by atoms with Crippen molar-refractivity contribution >= 4 is 34.9 Å². The second-order valence-corrected chi connectivity index (χ2v) is 10.1. The van der Waals surface area contributed by atoms with Crippen LogP contribution in [0.4, 0.5) is 5.69 Å². The summed E-state index contributed by atoms with van der Waals surface area (Å²) in [5, 5.41) is 19.5. The van der Waals surface area contributed by atoms with Gasteiger partial charge in [0, 0.05) is 11.3 Å². The topological polar surface area (TPSA) is 94.9 Å². The molecule has 6 nitrogen and oxygen atoms in total. The SMILES string of the molecule is CCC(C(=O)O)N(C(=O)C1CCC(C)CC1)c1cc(C#CC(C)(C)C)sc1C(=O)O. The molecule has 2 N–H and O–H groups in total. The molecule has 1 heterocycles. The van der Waals surface area contributed by atoms with Gasteiger partial charge in [0.05, 0.1) is 10.6 Å². The first-order valence-electron chi connectivity index (χ1n) is 10.4. The van der Waals surface area contributed by atoms with Gasteiger partial charge >= 0.3 is 11.9 Å². The van der Waals surface area contributed by atoms with Gasteiger partial charge in [0.25, 0.3) is 0 Å². The maximum absolute atomic E-state index is 13.4. The summed E-state index contributed by atoms with van der Waals surface area (Å²) in [5.74, 6) is 3.68. The monoisotopic (exact) mass is 433 g/mol. The van der Waals surface area contributed by atoms with Gasteiger partial charge in [0.2, 0.25) is 5.91 Å². The van der Waals surface area contributed by atoms with Gasteiger partial charge in [-0.15, -0.1) is 11.3 Å². The lowest BCUT2D eigenvalue weighted by Crippen LogP contribution is -2.48. The van der Waals surface area contributed by atoms with Crippen molar-refractivity contribution in [1.29, 1.82) is 0 Å². The fourth-order valence-electron chi connectivity index (χ4n) is 3.64. The Morgan fingerprint density at radius 3 is 2.27 bits per heavy atom. The lowest BCUT2D eigenvalue weighted by atomic mass is 9.82. The van der Waals surface area contributed by atoms with E-state index in [0.717, 1.165) is 24.2 Å². The van der Waals surface area contributed by atoms with E-state index in [2.05, 4.69) is 18.8 Å². The third-order valence-electron chi connectivity index (χ3n) is 5.31. The minimum Gasteiger partial charge on any atom is -0.480 e. The van der Waals surface area contributed by atoms with Crippen molar-refractivity contribution < 1.29 is 24.6 Å². The Bertz CT molecular complexity index is 862. The number of carboxylic acid groups (broad SMARTS) is 2. The van der Waals surface area contributed by atoms with Gasteiger partial charge in [-0.3, -0.25) is 9.69 Å². The fourth-order valence-corrected chi connectivity index (χ4v) is 4.48. The summed E-state index contributed by atoms with van der Waals surface area (Å²) in [6, 6.07) is 0.440. The molecule has 0 saturated heterocycles. The largest absolute Gasteiger partial charge is 0.480 e. The summed E-state index contributed by atoms with van der Waals surface area (Å²) in [6.07, 6.45) is 3.38. The molecule has 164 valence electrons. The zero-order chi connectivity index (χ0) is 22.6. The Morgan fingerprint density at radius 1 is 1.20 bits per heavy atom. The molecule has 0 spiro atoms. The molecule has 7 heteroatoms. The van der Waals surface area contributed by atoms with E-state index in [0.29, 0.717) is 23.6 Å². The molecular formula is C23H31NO5S. The molecule has 1 fully saturated rings. The van der Waals surface area contributed by atoms with Crippen LogP contribution in [0, 0.1) is 29.1 Å². The number of anilines is 1. The van der Waals surface area contributed by atoms with E-state index in [1.54, 1.807) is 13.0 Å². The Balaban J connectivity index is 2.55. The van der Waals surface area contributed by atoms with Gasteiger partial charge in [-0.1, -0.05) is 25.7 Å². The first-order chi connectivity index (χ1) is 13.9. The van der Waals surface area contributed by atoms with E-state index in [9.17, 15) is 24.6 Å². The molecule has 1 atom stereocenters. The maximum Gasteiger partial charge on any atom is 0.348 e. The Hall–Kier alpha value is -2.33. The lowest BCUT2D eigenvalue weighted by molar-refractivity contribution is -0.140. The number of carbonyl (C=O) groups excluding carboxylic acids is 1. The number of aliphatic carboxylic acids is 1. The first-order valence-corrected chi connectivity index (χ1v) is 11.2. The number of rotatable bonds is 6. The van der Waals surface area contributed by atoms with Crippen molar-refractivity contribution in [2.24, 2.45) is 17.3 Å². The van der Waals surface area contributed by atoms with Crippen molar-refractivity contribution in [1.82, 2.24) is 0 Å². The number of hydrogen-bond donors (Lipinski definition) is 2. The molecule has 30 heavy (non-hydrogen) atoms. The van der Waals surface area contributed by atoms with E-state index < -0.39 is 18.0 Å². The lowest BCUT2D eigenvalue weighted by Gasteiger charge is -2.34. The van der Waals surface area contributed by atoms with Crippen LogP contribution in [-0.2, 0) is 9.59 Å². The number of thiophene rings is 1. The quantitative estimate of drug-likeness (QED) is 0.624. The first kappa shape index (κ1) is 23.9. The van der Waals surface area contributed by atoms with E-state index in [4.69, 9.17) is 0 Å². The third-order valence-corrected chi connectivity index (χ3v) is 6.34. The molecule has 0 radical (unpaired) electrons. The van der Waals surface area contributed by atoms with E-state index >= 15 is 0 Å². The Labute approximate surface area is 182 Å². The number of carbonyl (C=O) groups is 3. The molecule has 0 bridgehead atoms. The highest BCUT2D eigenvalue weighted by molar-refractivity contribution is 7.15. The minimum atomic E-state index is -1.19. The van der Waals surface area contributed by atoms with Crippen LogP contribution >= 0.6 is 11.3 Å². The molecule has 0 aliphatic heterocycles. The van der Waals surface area contributed by atoms with Crippen molar-refractivity contribution in [3.63, 3.8) is 0 Å². The fraction of sp³-hybridized carbons (Fsp3) is 0.609. The van der Waals surface area contributed by atoms with Crippen LogP contribution in [0.5, 0.6) is 0 Å². The van der Waals surface area contributed by atoms with Crippen molar-refractivity contribution in [3.05, 3.63) is 15.8 Å². The third kappa shape index (κ3) is 5.85. The number of hydrogen-bond acceptors (Lipinski definition) is 4. The number of amides is 1. The summed E-state index contributed by atoms with van der Waals surface area (Å²) >= 11 is 0.981. The summed E-state index contributed by atoms with van der Waals surface area (Å²) < 4.78 is 0. The molecule has 1 aliphatic rings. The predicted octanol–water partition coefficient (Wildman–Crippen LogP) is 4.87. The average Bonchev–Trinajstić information content (AvgIpc) is 3.07. The van der Waals surface area contributed by atoms with Crippen LogP contribution in [-0.4, -0.2) is 34.1 Å². The van der Waals surface area contributed by atoms with Crippen LogP contribution in [0.2, 0.25) is 0 Å². The highest BCUT2D eigenvalue weighted by Crippen LogP contribution is 2.36. The summed E-state index contributed by atoms with van der Waals surface area (Å²) in [6.45, 7) is 9.68. The molecule has 2 rings (SSSR count). The van der Waals surface area contributed by atoms with Gasteiger partial charge in [0.1, 0.15) is 10.9 Å². The molecule has 1 aliphatic carbocycles.